The molecule has 0 aromatic heterocycles. The summed E-state index contributed by atoms with van der Waals surface area (Å²) in [4.78, 5) is 0. The van der Waals surface area contributed by atoms with Gasteiger partial charge in [-0.05, 0) is 63.4 Å². The number of rotatable bonds is 5. The van der Waals surface area contributed by atoms with Gasteiger partial charge in [-0.3, -0.25) is 5.73 Å². The normalized spacial score (nSPS) is 43.5. The minimum Gasteiger partial charge on any atom is -0.353 e. The molecule has 5 heteroatoms. The average Bonchev–Trinajstić information content (AvgIpc) is 3.06. The lowest BCUT2D eigenvalue weighted by molar-refractivity contribution is -0.200. The second-order valence-electron chi connectivity index (χ2n) is 7.35. The molecule has 1 saturated heterocycles. The molecule has 0 spiro atoms. The van der Waals surface area contributed by atoms with E-state index in [0.29, 0.717) is 6.42 Å². The predicted molar refractivity (Wildman–Crippen MR) is 80.5 cm³/mol. The first-order chi connectivity index (χ1) is 10.3. The van der Waals surface area contributed by atoms with Crippen molar-refractivity contribution in [1.29, 1.82) is 0 Å². The highest BCUT2D eigenvalue weighted by Gasteiger charge is 2.60. The van der Waals surface area contributed by atoms with Crippen LogP contribution in [0.1, 0.15) is 45.4 Å². The van der Waals surface area contributed by atoms with E-state index in [1.54, 1.807) is 0 Å². The van der Waals surface area contributed by atoms with Crippen LogP contribution in [0.2, 0.25) is 0 Å². The van der Waals surface area contributed by atoms with E-state index in [9.17, 15) is 4.39 Å². The Morgan fingerprint density at radius 3 is 2.50 bits per heavy atom. The van der Waals surface area contributed by atoms with Crippen LogP contribution in [-0.2, 0) is 9.47 Å². The first-order valence-electron chi connectivity index (χ1n) is 8.42. The molecule has 0 aromatic rings. The molecule has 7 unspecified atom stereocenters. The molecule has 3 fully saturated rings. The van der Waals surface area contributed by atoms with E-state index in [2.05, 4.69) is 6.58 Å². The van der Waals surface area contributed by atoms with Crippen LogP contribution in [0.3, 0.4) is 0 Å². The third kappa shape index (κ3) is 2.72. The largest absolute Gasteiger partial charge is 0.353 e. The van der Waals surface area contributed by atoms with Crippen molar-refractivity contribution < 1.29 is 18.3 Å². The highest BCUT2D eigenvalue weighted by molar-refractivity contribution is 5.15. The number of fused-ring (bicyclic) bond motifs is 2. The summed E-state index contributed by atoms with van der Waals surface area (Å²) in [5.41, 5.74) is 3.29. The summed E-state index contributed by atoms with van der Waals surface area (Å²) in [5, 5.41) is 0. The molecular weight excluding hydrogens is 288 g/mol. The Bertz CT molecular complexity index is 419. The minimum absolute atomic E-state index is 0.111. The number of hydrogen-bond acceptors (Lipinski definition) is 3. The molecule has 0 radical (unpaired) electrons. The van der Waals surface area contributed by atoms with Gasteiger partial charge in [0.25, 0.3) is 0 Å². The summed E-state index contributed by atoms with van der Waals surface area (Å²) in [7, 11) is 0. The quantitative estimate of drug-likeness (QED) is 0.624. The van der Waals surface area contributed by atoms with Gasteiger partial charge in [-0.1, -0.05) is 6.58 Å². The lowest BCUT2D eigenvalue weighted by atomic mass is 9.72. The number of halogens is 2. The van der Waals surface area contributed by atoms with Crippen LogP contribution < -0.4 is 5.73 Å². The Balaban J connectivity index is 1.63. The number of alkyl halides is 2. The monoisotopic (exact) mass is 315 g/mol. The highest BCUT2D eigenvalue weighted by Crippen LogP contribution is 2.56. The van der Waals surface area contributed by atoms with Crippen molar-refractivity contribution >= 4 is 0 Å². The molecule has 3 aliphatic rings. The second kappa shape index (κ2) is 5.84. The lowest BCUT2D eigenvalue weighted by Gasteiger charge is -2.42. The van der Waals surface area contributed by atoms with Gasteiger partial charge in [-0.15, -0.1) is 0 Å². The van der Waals surface area contributed by atoms with Crippen LogP contribution >= 0.6 is 0 Å². The summed E-state index contributed by atoms with van der Waals surface area (Å²) >= 11 is 0. The molecule has 2 saturated carbocycles. The molecule has 2 aliphatic carbocycles. The molecule has 1 aliphatic heterocycles. The van der Waals surface area contributed by atoms with Gasteiger partial charge in [-0.2, -0.15) is 0 Å². The standard InChI is InChI=1S/C17H27F2NO2/c1-3-17(19,16(2,18)20)13-9-12-8-11(13)10-14(12)22-15-6-4-5-7-21-15/h3,11-15H,1,4-10,20H2,2H3. The zero-order chi connectivity index (χ0) is 16.0. The molecule has 7 atom stereocenters. The lowest BCUT2D eigenvalue weighted by Crippen LogP contribution is -2.57. The molecule has 3 nitrogen and oxygen atoms in total. The Kier molecular flexibility index (Phi) is 4.34. The van der Waals surface area contributed by atoms with Gasteiger partial charge in [0.1, 0.15) is 0 Å². The molecule has 22 heavy (non-hydrogen) atoms. The summed E-state index contributed by atoms with van der Waals surface area (Å²) in [5.74, 6) is -2.41. The molecule has 0 amide bonds. The maximum absolute atomic E-state index is 15.1. The SMILES string of the molecule is C=CC(F)(C1CC2CC1CC2OC1CCCCO1)C(C)(N)F. The van der Waals surface area contributed by atoms with Crippen molar-refractivity contribution in [3.63, 3.8) is 0 Å². The van der Waals surface area contributed by atoms with Gasteiger partial charge >= 0.3 is 0 Å². The van der Waals surface area contributed by atoms with E-state index in [-0.39, 0.29) is 24.2 Å². The minimum atomic E-state index is -2.40. The van der Waals surface area contributed by atoms with Crippen LogP contribution in [0.4, 0.5) is 8.78 Å². The van der Waals surface area contributed by atoms with Crippen molar-refractivity contribution in [3.8, 4) is 0 Å². The van der Waals surface area contributed by atoms with E-state index in [0.717, 1.165) is 51.7 Å². The molecule has 0 aromatic carbocycles. The second-order valence-corrected chi connectivity index (χ2v) is 7.35. The third-order valence-corrected chi connectivity index (χ3v) is 5.84. The van der Waals surface area contributed by atoms with Crippen LogP contribution in [0, 0.1) is 17.8 Å². The van der Waals surface area contributed by atoms with Crippen LogP contribution in [-0.4, -0.2) is 30.5 Å². The van der Waals surface area contributed by atoms with Crippen molar-refractivity contribution in [1.82, 2.24) is 0 Å². The number of ether oxygens (including phenoxy) is 2. The van der Waals surface area contributed by atoms with Crippen LogP contribution in [0.15, 0.2) is 12.7 Å². The van der Waals surface area contributed by atoms with Gasteiger partial charge in [-0.25, -0.2) is 8.78 Å². The Labute approximate surface area is 131 Å². The van der Waals surface area contributed by atoms with E-state index >= 15 is 4.39 Å². The van der Waals surface area contributed by atoms with Crippen molar-refractivity contribution in [3.05, 3.63) is 12.7 Å². The number of nitrogens with two attached hydrogens (primary N) is 1. The molecule has 3 rings (SSSR count). The summed E-state index contributed by atoms with van der Waals surface area (Å²) in [6.07, 6.45) is 6.48. The first kappa shape index (κ1) is 16.3. The zero-order valence-electron chi connectivity index (χ0n) is 13.3. The van der Waals surface area contributed by atoms with Gasteiger partial charge in [0.05, 0.1) is 6.10 Å². The van der Waals surface area contributed by atoms with Crippen molar-refractivity contribution in [2.45, 2.75) is 69.3 Å². The average molecular weight is 315 g/mol. The Morgan fingerprint density at radius 2 is 2.00 bits per heavy atom. The topological polar surface area (TPSA) is 44.5 Å². The Morgan fingerprint density at radius 1 is 1.23 bits per heavy atom. The number of hydrogen-bond donors (Lipinski definition) is 1. The van der Waals surface area contributed by atoms with Gasteiger partial charge in [0, 0.05) is 12.5 Å². The Hall–Kier alpha value is -0.520. The smallest absolute Gasteiger partial charge is 0.194 e. The maximum atomic E-state index is 15.1. The van der Waals surface area contributed by atoms with E-state index < -0.39 is 17.4 Å². The van der Waals surface area contributed by atoms with Gasteiger partial charge in [0.15, 0.2) is 17.8 Å². The molecule has 126 valence electrons. The van der Waals surface area contributed by atoms with E-state index in [1.807, 2.05) is 0 Å². The fourth-order valence-corrected chi connectivity index (χ4v) is 4.63. The fourth-order valence-electron chi connectivity index (χ4n) is 4.63. The van der Waals surface area contributed by atoms with Crippen molar-refractivity contribution in [2.75, 3.05) is 6.61 Å². The molecular formula is C17H27F2NO2. The van der Waals surface area contributed by atoms with Crippen LogP contribution in [0.5, 0.6) is 0 Å². The first-order valence-corrected chi connectivity index (χ1v) is 8.42. The molecule has 1 heterocycles. The van der Waals surface area contributed by atoms with Crippen molar-refractivity contribution in [2.24, 2.45) is 23.5 Å². The zero-order valence-corrected chi connectivity index (χ0v) is 13.3. The van der Waals surface area contributed by atoms with E-state index in [1.165, 1.54) is 0 Å². The maximum Gasteiger partial charge on any atom is 0.194 e. The summed E-state index contributed by atoms with van der Waals surface area (Å²) in [6.45, 7) is 5.35. The third-order valence-electron chi connectivity index (χ3n) is 5.84. The summed E-state index contributed by atoms with van der Waals surface area (Å²) in [6, 6.07) is 0. The van der Waals surface area contributed by atoms with Gasteiger partial charge in [0.2, 0.25) is 0 Å². The molecule has 2 N–H and O–H groups in total. The van der Waals surface area contributed by atoms with Crippen LogP contribution in [0.25, 0.3) is 0 Å². The van der Waals surface area contributed by atoms with E-state index in [4.69, 9.17) is 15.2 Å². The summed E-state index contributed by atoms with van der Waals surface area (Å²) < 4.78 is 41.0. The van der Waals surface area contributed by atoms with Gasteiger partial charge < -0.3 is 9.47 Å². The predicted octanol–water partition coefficient (Wildman–Crippen LogP) is 3.48. The fraction of sp³-hybridized carbons (Fsp3) is 0.882. The molecule has 2 bridgehead atoms. The highest BCUT2D eigenvalue weighted by atomic mass is 19.2.